The van der Waals surface area contributed by atoms with Crippen LogP contribution in [0.25, 0.3) is 0 Å². The Morgan fingerprint density at radius 2 is 2.12 bits per heavy atom. The molecule has 6 heteroatoms. The molecule has 0 aliphatic heterocycles. The Bertz CT molecular complexity index is 476. The molecule has 1 N–H and O–H groups in total. The van der Waals surface area contributed by atoms with Crippen LogP contribution in [-0.4, -0.2) is 20.7 Å². The second-order valence-corrected chi connectivity index (χ2v) is 6.43. The normalized spacial score (nSPS) is 13.8. The van der Waals surface area contributed by atoms with Gasteiger partial charge in [0.25, 0.3) is 0 Å². The van der Waals surface area contributed by atoms with E-state index in [0.717, 1.165) is 6.26 Å². The first-order valence-corrected chi connectivity index (χ1v) is 7.37. The number of benzene rings is 1. The molecule has 0 spiro atoms. The van der Waals surface area contributed by atoms with Crippen LogP contribution >= 0.6 is 15.9 Å². The van der Waals surface area contributed by atoms with Crippen LogP contribution in [0.4, 0.5) is 4.39 Å². The van der Waals surface area contributed by atoms with E-state index in [9.17, 15) is 12.8 Å². The van der Waals surface area contributed by atoms with E-state index in [2.05, 4.69) is 20.7 Å². The number of nitrogens with one attached hydrogen (secondary N) is 1. The quantitative estimate of drug-likeness (QED) is 0.925. The van der Waals surface area contributed by atoms with E-state index < -0.39 is 10.0 Å². The molecule has 3 nitrogen and oxygen atoms in total. The molecule has 0 unspecified atom stereocenters. The molecule has 1 aromatic rings. The summed E-state index contributed by atoms with van der Waals surface area (Å²) in [5.41, 5.74) is 0.492. The van der Waals surface area contributed by atoms with Gasteiger partial charge in [0.1, 0.15) is 5.82 Å². The van der Waals surface area contributed by atoms with Crippen molar-refractivity contribution in [1.29, 1.82) is 0 Å². The Labute approximate surface area is 103 Å². The van der Waals surface area contributed by atoms with E-state index in [1.807, 2.05) is 0 Å². The smallest absolute Gasteiger partial charge is 0.208 e. The minimum Gasteiger partial charge on any atom is -0.213 e. The van der Waals surface area contributed by atoms with Gasteiger partial charge in [-0.25, -0.2) is 17.5 Å². The highest BCUT2D eigenvalue weighted by molar-refractivity contribution is 9.10. The Balaban J connectivity index is 2.73. The maximum atomic E-state index is 13.4. The first-order chi connectivity index (χ1) is 7.28. The fourth-order valence-corrected chi connectivity index (χ4v) is 2.57. The SMILES string of the molecule is C[C@@H](Cc1ccc(Br)cc1F)NS(C)(=O)=O. The number of hydrogen-bond acceptors (Lipinski definition) is 2. The first kappa shape index (κ1) is 13.6. The maximum absolute atomic E-state index is 13.4. The van der Waals surface area contributed by atoms with Crippen molar-refractivity contribution in [2.45, 2.75) is 19.4 Å². The second-order valence-electron chi connectivity index (χ2n) is 3.73. The number of halogens is 2. The zero-order valence-electron chi connectivity index (χ0n) is 9.00. The third kappa shape index (κ3) is 4.59. The molecule has 0 radical (unpaired) electrons. The fraction of sp³-hybridized carbons (Fsp3) is 0.400. The van der Waals surface area contributed by atoms with Gasteiger partial charge in [-0.2, -0.15) is 0 Å². The Morgan fingerprint density at radius 3 is 2.62 bits per heavy atom. The zero-order chi connectivity index (χ0) is 12.3. The van der Waals surface area contributed by atoms with Crippen molar-refractivity contribution in [3.63, 3.8) is 0 Å². The van der Waals surface area contributed by atoms with E-state index in [1.165, 1.54) is 6.07 Å². The van der Waals surface area contributed by atoms with Gasteiger partial charge in [0.05, 0.1) is 6.26 Å². The van der Waals surface area contributed by atoms with Gasteiger partial charge in [0, 0.05) is 10.5 Å². The van der Waals surface area contributed by atoms with Gasteiger partial charge in [-0.05, 0) is 31.0 Å². The molecule has 0 saturated carbocycles. The fourth-order valence-electron chi connectivity index (χ4n) is 1.42. The zero-order valence-corrected chi connectivity index (χ0v) is 11.4. The lowest BCUT2D eigenvalue weighted by atomic mass is 10.1. The standard InChI is InChI=1S/C10H13BrFNO2S/c1-7(13-16(2,14)15)5-8-3-4-9(11)6-10(8)12/h3-4,6-7,13H,5H2,1-2H3/t7-/m0/s1. The summed E-state index contributed by atoms with van der Waals surface area (Å²) >= 11 is 3.16. The van der Waals surface area contributed by atoms with Crippen LogP contribution in [0.5, 0.6) is 0 Å². The summed E-state index contributed by atoms with van der Waals surface area (Å²) in [5, 5.41) is 0. The summed E-state index contributed by atoms with van der Waals surface area (Å²) in [6, 6.07) is 4.40. The third-order valence-electron chi connectivity index (χ3n) is 1.96. The van der Waals surface area contributed by atoms with E-state index >= 15 is 0 Å². The molecule has 0 bridgehead atoms. The van der Waals surface area contributed by atoms with Gasteiger partial charge in [0.2, 0.25) is 10.0 Å². The van der Waals surface area contributed by atoms with Crippen LogP contribution < -0.4 is 4.72 Å². The van der Waals surface area contributed by atoms with Crippen LogP contribution in [0.2, 0.25) is 0 Å². The topological polar surface area (TPSA) is 46.2 Å². The van der Waals surface area contributed by atoms with Crippen LogP contribution in [0, 0.1) is 5.82 Å². The minimum atomic E-state index is -3.25. The van der Waals surface area contributed by atoms with E-state index in [0.29, 0.717) is 16.5 Å². The highest BCUT2D eigenvalue weighted by Gasteiger charge is 2.11. The van der Waals surface area contributed by atoms with Crippen LogP contribution in [-0.2, 0) is 16.4 Å². The van der Waals surface area contributed by atoms with Gasteiger partial charge >= 0.3 is 0 Å². The molecule has 16 heavy (non-hydrogen) atoms. The molecule has 0 amide bonds. The molecule has 0 saturated heterocycles. The third-order valence-corrected chi connectivity index (χ3v) is 3.28. The van der Waals surface area contributed by atoms with Crippen molar-refractivity contribution < 1.29 is 12.8 Å². The predicted octanol–water partition coefficient (Wildman–Crippen LogP) is 2.07. The molecule has 1 aromatic carbocycles. The number of hydrogen-bond donors (Lipinski definition) is 1. The van der Waals surface area contributed by atoms with Crippen LogP contribution in [0.15, 0.2) is 22.7 Å². The second kappa shape index (κ2) is 5.25. The van der Waals surface area contributed by atoms with Crippen molar-refractivity contribution in [1.82, 2.24) is 4.72 Å². The van der Waals surface area contributed by atoms with Crippen molar-refractivity contribution in [3.8, 4) is 0 Å². The average molecular weight is 310 g/mol. The van der Waals surface area contributed by atoms with Crippen LogP contribution in [0.3, 0.4) is 0 Å². The van der Waals surface area contributed by atoms with E-state index in [1.54, 1.807) is 19.1 Å². The molecular formula is C10H13BrFNO2S. The lowest BCUT2D eigenvalue weighted by molar-refractivity contribution is 0.553. The molecular weight excluding hydrogens is 297 g/mol. The van der Waals surface area contributed by atoms with Gasteiger partial charge in [-0.1, -0.05) is 22.0 Å². The average Bonchev–Trinajstić information content (AvgIpc) is 2.06. The van der Waals surface area contributed by atoms with E-state index in [4.69, 9.17) is 0 Å². The summed E-state index contributed by atoms with van der Waals surface area (Å²) in [4.78, 5) is 0. The largest absolute Gasteiger partial charge is 0.213 e. The van der Waals surface area contributed by atoms with Crippen LogP contribution in [0.1, 0.15) is 12.5 Å². The Kier molecular flexibility index (Phi) is 4.46. The van der Waals surface area contributed by atoms with Crippen molar-refractivity contribution >= 4 is 26.0 Å². The molecule has 0 aliphatic rings. The van der Waals surface area contributed by atoms with Gasteiger partial charge in [0.15, 0.2) is 0 Å². The molecule has 0 heterocycles. The predicted molar refractivity (Wildman–Crippen MR) is 65.2 cm³/mol. The molecule has 0 aromatic heterocycles. The number of rotatable bonds is 4. The van der Waals surface area contributed by atoms with E-state index in [-0.39, 0.29) is 11.9 Å². The first-order valence-electron chi connectivity index (χ1n) is 4.69. The van der Waals surface area contributed by atoms with Crippen molar-refractivity contribution in [2.75, 3.05) is 6.26 Å². The number of sulfonamides is 1. The summed E-state index contributed by atoms with van der Waals surface area (Å²) in [5.74, 6) is -0.337. The summed E-state index contributed by atoms with van der Waals surface area (Å²) in [7, 11) is -3.25. The van der Waals surface area contributed by atoms with Gasteiger partial charge in [-0.15, -0.1) is 0 Å². The van der Waals surface area contributed by atoms with Gasteiger partial charge in [-0.3, -0.25) is 0 Å². The summed E-state index contributed by atoms with van der Waals surface area (Å²) < 4.78 is 38.4. The monoisotopic (exact) mass is 309 g/mol. The molecule has 90 valence electrons. The molecule has 1 rings (SSSR count). The summed E-state index contributed by atoms with van der Waals surface area (Å²) in [6.45, 7) is 1.70. The Hall–Kier alpha value is -0.460. The summed E-state index contributed by atoms with van der Waals surface area (Å²) in [6.07, 6.45) is 1.41. The van der Waals surface area contributed by atoms with Gasteiger partial charge < -0.3 is 0 Å². The molecule has 0 aliphatic carbocycles. The van der Waals surface area contributed by atoms with Crippen molar-refractivity contribution in [2.24, 2.45) is 0 Å². The lowest BCUT2D eigenvalue weighted by Gasteiger charge is -2.12. The molecule has 0 fully saturated rings. The highest BCUT2D eigenvalue weighted by Crippen LogP contribution is 2.16. The highest BCUT2D eigenvalue weighted by atomic mass is 79.9. The van der Waals surface area contributed by atoms with Crippen molar-refractivity contribution in [3.05, 3.63) is 34.1 Å². The Morgan fingerprint density at radius 1 is 1.50 bits per heavy atom. The lowest BCUT2D eigenvalue weighted by Crippen LogP contribution is -2.33. The molecule has 1 atom stereocenters. The minimum absolute atomic E-state index is 0.326. The maximum Gasteiger partial charge on any atom is 0.208 e.